The van der Waals surface area contributed by atoms with Crippen LogP contribution in [0.5, 0.6) is 0 Å². The Balaban J connectivity index is 1.40. The molecule has 0 radical (unpaired) electrons. The maximum atomic E-state index is 12.5. The van der Waals surface area contributed by atoms with Gasteiger partial charge in [0.2, 0.25) is 11.8 Å². The van der Waals surface area contributed by atoms with Crippen molar-refractivity contribution in [1.82, 2.24) is 9.80 Å². The summed E-state index contributed by atoms with van der Waals surface area (Å²) < 4.78 is 0. The zero-order valence-corrected chi connectivity index (χ0v) is 17.8. The molecule has 0 aliphatic carbocycles. The van der Waals surface area contributed by atoms with Crippen molar-refractivity contribution in [3.8, 4) is 0 Å². The molecule has 1 fully saturated rings. The van der Waals surface area contributed by atoms with Gasteiger partial charge in [0.25, 0.3) is 0 Å². The summed E-state index contributed by atoms with van der Waals surface area (Å²) in [4.78, 5) is 29.1. The van der Waals surface area contributed by atoms with E-state index in [4.69, 9.17) is 0 Å². The van der Waals surface area contributed by atoms with E-state index in [0.717, 1.165) is 55.5 Å². The molecule has 1 N–H and O–H groups in total. The predicted octanol–water partition coefficient (Wildman–Crippen LogP) is 3.51. The van der Waals surface area contributed by atoms with Crippen LogP contribution in [-0.4, -0.2) is 60.1 Å². The van der Waals surface area contributed by atoms with E-state index < -0.39 is 0 Å². The van der Waals surface area contributed by atoms with Crippen LogP contribution in [0.25, 0.3) is 0 Å². The van der Waals surface area contributed by atoms with Crippen molar-refractivity contribution < 1.29 is 9.59 Å². The van der Waals surface area contributed by atoms with Crippen LogP contribution in [0.15, 0.2) is 59.5 Å². The molecule has 0 aromatic heterocycles. The number of nitrogens with one attached hydrogen (secondary N) is 1. The van der Waals surface area contributed by atoms with E-state index in [1.807, 2.05) is 35.2 Å². The molecule has 154 valence electrons. The van der Waals surface area contributed by atoms with E-state index in [1.165, 1.54) is 12.5 Å². The normalized spacial score (nSPS) is 15.2. The molecule has 2 aromatic rings. The fraction of sp³-hybridized carbons (Fsp3) is 0.391. The molecule has 3 rings (SSSR count). The lowest BCUT2D eigenvalue weighted by Gasteiger charge is -2.22. The monoisotopic (exact) mass is 411 g/mol. The van der Waals surface area contributed by atoms with Gasteiger partial charge in [0.05, 0.1) is 0 Å². The van der Waals surface area contributed by atoms with Crippen LogP contribution in [-0.2, 0) is 16.0 Å². The first-order chi connectivity index (χ1) is 14.1. The molecule has 1 heterocycles. The van der Waals surface area contributed by atoms with Gasteiger partial charge in [0.15, 0.2) is 0 Å². The minimum absolute atomic E-state index is 0.0668. The second kappa shape index (κ2) is 11.0. The van der Waals surface area contributed by atoms with Gasteiger partial charge in [-0.3, -0.25) is 9.59 Å². The average Bonchev–Trinajstić information content (AvgIpc) is 2.90. The zero-order chi connectivity index (χ0) is 20.5. The molecule has 29 heavy (non-hydrogen) atoms. The van der Waals surface area contributed by atoms with Gasteiger partial charge in [-0.25, -0.2) is 0 Å². The number of carbonyl (C=O) groups is 2. The molecular formula is C23H29N3O2S. The Bertz CT molecular complexity index is 796. The highest BCUT2D eigenvalue weighted by atomic mass is 32.2. The van der Waals surface area contributed by atoms with Gasteiger partial charge in [-0.1, -0.05) is 30.3 Å². The minimum atomic E-state index is -0.0668. The Hall–Kier alpha value is -2.31. The summed E-state index contributed by atoms with van der Waals surface area (Å²) >= 11 is 1.74. The van der Waals surface area contributed by atoms with E-state index >= 15 is 0 Å². The second-order valence-electron chi connectivity index (χ2n) is 7.26. The standard InChI is InChI=1S/C23H29N3O2S/c1-19(27)24-21-7-9-22(10-8-21)29-18-17-26-16-15-25(14-12-23(26)28)13-11-20-5-3-2-4-6-20/h2-10H,11-18H2,1H3,(H,24,27). The highest BCUT2D eigenvalue weighted by Gasteiger charge is 2.20. The first-order valence-corrected chi connectivity index (χ1v) is 11.1. The fourth-order valence-corrected chi connectivity index (χ4v) is 4.29. The van der Waals surface area contributed by atoms with Gasteiger partial charge in [-0.2, -0.15) is 0 Å². The molecule has 0 spiro atoms. The molecule has 1 saturated heterocycles. The van der Waals surface area contributed by atoms with Crippen LogP contribution in [0.4, 0.5) is 5.69 Å². The lowest BCUT2D eigenvalue weighted by Crippen LogP contribution is -2.35. The van der Waals surface area contributed by atoms with Crippen molar-refractivity contribution >= 4 is 29.3 Å². The summed E-state index contributed by atoms with van der Waals surface area (Å²) in [6.45, 7) is 5.86. The van der Waals surface area contributed by atoms with Crippen molar-refractivity contribution in [3.63, 3.8) is 0 Å². The zero-order valence-electron chi connectivity index (χ0n) is 17.0. The van der Waals surface area contributed by atoms with Crippen LogP contribution in [0.2, 0.25) is 0 Å². The third-order valence-electron chi connectivity index (χ3n) is 5.04. The largest absolute Gasteiger partial charge is 0.341 e. The van der Waals surface area contributed by atoms with Gasteiger partial charge in [-0.15, -0.1) is 11.8 Å². The summed E-state index contributed by atoms with van der Waals surface area (Å²) in [5.41, 5.74) is 2.15. The molecule has 6 heteroatoms. The van der Waals surface area contributed by atoms with Gasteiger partial charge >= 0.3 is 0 Å². The van der Waals surface area contributed by atoms with Crippen molar-refractivity contribution in [2.24, 2.45) is 0 Å². The van der Waals surface area contributed by atoms with E-state index in [-0.39, 0.29) is 11.8 Å². The SMILES string of the molecule is CC(=O)Nc1ccc(SCCN2CCN(CCc3ccccc3)CCC2=O)cc1. The number of amides is 2. The lowest BCUT2D eigenvalue weighted by molar-refractivity contribution is -0.130. The molecule has 5 nitrogen and oxygen atoms in total. The molecule has 0 bridgehead atoms. The molecule has 2 aromatic carbocycles. The Labute approximate surface area is 177 Å². The molecule has 1 aliphatic rings. The van der Waals surface area contributed by atoms with Crippen LogP contribution >= 0.6 is 11.8 Å². The molecule has 0 unspecified atom stereocenters. The van der Waals surface area contributed by atoms with Crippen LogP contribution in [0.3, 0.4) is 0 Å². The Morgan fingerprint density at radius 1 is 1.00 bits per heavy atom. The predicted molar refractivity (Wildman–Crippen MR) is 119 cm³/mol. The summed E-state index contributed by atoms with van der Waals surface area (Å²) in [6, 6.07) is 18.3. The Kier molecular flexibility index (Phi) is 8.14. The second-order valence-corrected chi connectivity index (χ2v) is 8.43. The van der Waals surface area contributed by atoms with Gasteiger partial charge in [-0.05, 0) is 36.2 Å². The smallest absolute Gasteiger partial charge is 0.223 e. The molecule has 2 amide bonds. The number of hydrogen-bond acceptors (Lipinski definition) is 4. The van der Waals surface area contributed by atoms with E-state index in [1.54, 1.807) is 11.8 Å². The van der Waals surface area contributed by atoms with Gasteiger partial charge in [0.1, 0.15) is 0 Å². The first kappa shape index (κ1) is 21.4. The average molecular weight is 412 g/mol. The molecular weight excluding hydrogens is 382 g/mol. The number of nitrogens with zero attached hydrogens (tertiary/aromatic N) is 2. The number of anilines is 1. The maximum absolute atomic E-state index is 12.5. The first-order valence-electron chi connectivity index (χ1n) is 10.1. The fourth-order valence-electron chi connectivity index (χ4n) is 3.41. The summed E-state index contributed by atoms with van der Waals surface area (Å²) in [6.07, 6.45) is 1.63. The van der Waals surface area contributed by atoms with E-state index in [2.05, 4.69) is 34.5 Å². The molecule has 0 saturated carbocycles. The van der Waals surface area contributed by atoms with Crippen LogP contribution < -0.4 is 5.32 Å². The Morgan fingerprint density at radius 2 is 1.76 bits per heavy atom. The lowest BCUT2D eigenvalue weighted by atomic mass is 10.1. The van der Waals surface area contributed by atoms with E-state index in [9.17, 15) is 9.59 Å². The van der Waals surface area contributed by atoms with Gasteiger partial charge < -0.3 is 15.1 Å². The topological polar surface area (TPSA) is 52.7 Å². The van der Waals surface area contributed by atoms with Crippen molar-refractivity contribution in [3.05, 3.63) is 60.2 Å². The number of thioether (sulfide) groups is 1. The van der Waals surface area contributed by atoms with Crippen LogP contribution in [0.1, 0.15) is 18.9 Å². The molecule has 1 aliphatic heterocycles. The number of carbonyl (C=O) groups excluding carboxylic acids is 2. The van der Waals surface area contributed by atoms with Crippen LogP contribution in [0, 0.1) is 0 Å². The number of rotatable bonds is 8. The number of hydrogen-bond donors (Lipinski definition) is 1. The van der Waals surface area contributed by atoms with Crippen molar-refractivity contribution in [2.45, 2.75) is 24.7 Å². The molecule has 0 atom stereocenters. The highest BCUT2D eigenvalue weighted by molar-refractivity contribution is 7.99. The summed E-state index contributed by atoms with van der Waals surface area (Å²) in [7, 11) is 0. The van der Waals surface area contributed by atoms with Crippen molar-refractivity contribution in [1.29, 1.82) is 0 Å². The summed E-state index contributed by atoms with van der Waals surface area (Å²) in [5, 5.41) is 2.77. The highest BCUT2D eigenvalue weighted by Crippen LogP contribution is 2.20. The third-order valence-corrected chi connectivity index (χ3v) is 6.04. The van der Waals surface area contributed by atoms with E-state index in [0.29, 0.717) is 6.42 Å². The maximum Gasteiger partial charge on any atom is 0.223 e. The van der Waals surface area contributed by atoms with Gasteiger partial charge in [0, 0.05) is 62.4 Å². The quantitative estimate of drug-likeness (QED) is 0.676. The minimum Gasteiger partial charge on any atom is -0.341 e. The third kappa shape index (κ3) is 7.22. The Morgan fingerprint density at radius 3 is 2.48 bits per heavy atom. The number of benzene rings is 2. The summed E-state index contributed by atoms with van der Waals surface area (Å²) in [5.74, 6) is 1.06. The van der Waals surface area contributed by atoms with Crippen molar-refractivity contribution in [2.75, 3.05) is 43.8 Å².